The first-order valence-corrected chi connectivity index (χ1v) is 11.8. The summed E-state index contributed by atoms with van der Waals surface area (Å²) in [5, 5.41) is 12.5. The molecule has 0 aliphatic carbocycles. The predicted molar refractivity (Wildman–Crippen MR) is 125 cm³/mol. The molecule has 1 aromatic carbocycles. The van der Waals surface area contributed by atoms with Crippen LogP contribution in [0, 0.1) is 24.0 Å². The van der Waals surface area contributed by atoms with Crippen LogP contribution in [-0.4, -0.2) is 67.7 Å². The van der Waals surface area contributed by atoms with Crippen LogP contribution in [0.2, 0.25) is 0 Å². The van der Waals surface area contributed by atoms with Crippen molar-refractivity contribution < 1.29 is 37.0 Å². The van der Waals surface area contributed by atoms with E-state index in [1.165, 1.54) is 43.3 Å². The molecule has 2 amide bonds. The van der Waals surface area contributed by atoms with Gasteiger partial charge in [-0.2, -0.15) is 0 Å². The molecule has 10 nitrogen and oxygen atoms in total. The minimum Gasteiger partial charge on any atom is -0.450 e. The zero-order valence-corrected chi connectivity index (χ0v) is 20.6. The lowest BCUT2D eigenvalue weighted by atomic mass is 9.86. The molecule has 1 aliphatic heterocycles. The third kappa shape index (κ3) is 5.16. The number of aliphatic hydroxyl groups excluding tert-OH is 1. The number of halogens is 2. The number of amides is 2. The number of aliphatic hydroxyl groups is 1. The van der Waals surface area contributed by atoms with Gasteiger partial charge in [0, 0.05) is 37.4 Å². The lowest BCUT2D eigenvalue weighted by Gasteiger charge is -2.35. The number of ether oxygens (including phenoxy) is 1. The van der Waals surface area contributed by atoms with Gasteiger partial charge in [0.1, 0.15) is 17.2 Å². The molecule has 0 bridgehead atoms. The predicted octanol–water partition coefficient (Wildman–Crippen LogP) is 2.65. The summed E-state index contributed by atoms with van der Waals surface area (Å²) in [6, 6.07) is 2.90. The van der Waals surface area contributed by atoms with Crippen LogP contribution < -0.4 is 9.62 Å². The van der Waals surface area contributed by atoms with Gasteiger partial charge < -0.3 is 24.6 Å². The highest BCUT2D eigenvalue weighted by Gasteiger charge is 2.50. The van der Waals surface area contributed by atoms with E-state index in [0.29, 0.717) is 0 Å². The Hall–Kier alpha value is -3.03. The lowest BCUT2D eigenvalue weighted by molar-refractivity contribution is 0.100. The highest BCUT2D eigenvalue weighted by atomic mass is 32.2. The summed E-state index contributed by atoms with van der Waals surface area (Å²) in [5.41, 5.74) is -1.35. The first-order chi connectivity index (χ1) is 16.4. The largest absolute Gasteiger partial charge is 0.450 e. The summed E-state index contributed by atoms with van der Waals surface area (Å²) < 4.78 is 58.6. The van der Waals surface area contributed by atoms with Crippen molar-refractivity contribution >= 4 is 34.6 Å². The number of aryl methyl sites for hydroxylation is 2. The quantitative estimate of drug-likeness (QED) is 0.488. The van der Waals surface area contributed by atoms with Crippen LogP contribution in [0.5, 0.6) is 0 Å². The van der Waals surface area contributed by atoms with Gasteiger partial charge in [0.15, 0.2) is 5.82 Å². The Bertz CT molecular complexity index is 1160. The smallest absolute Gasteiger partial charge is 0.409 e. The molecule has 3 rings (SSSR count). The standard InChI is InChI=1S/C22H28F2N4O6S/c1-5-34-21(31)27-10-17(22(3,11-27)12-29)28(35(32)33)16-9-26(4)19(18(16)24)20(30)25-14-6-7-15(23)13(2)8-14/h6-9,17,29H,5,10-12H2,1-4H3,(H,25,30)(H,32,33). The van der Waals surface area contributed by atoms with Gasteiger partial charge >= 0.3 is 6.09 Å². The van der Waals surface area contributed by atoms with E-state index in [1.807, 2.05) is 0 Å². The van der Waals surface area contributed by atoms with Crippen molar-refractivity contribution in [3.8, 4) is 0 Å². The van der Waals surface area contributed by atoms with Crippen LogP contribution >= 0.6 is 0 Å². The Balaban J connectivity index is 1.97. The molecule has 0 saturated carbocycles. The number of nitrogens with one attached hydrogen (secondary N) is 1. The average molecular weight is 515 g/mol. The van der Waals surface area contributed by atoms with Crippen molar-refractivity contribution in [2.24, 2.45) is 12.5 Å². The minimum absolute atomic E-state index is 0.00636. The zero-order valence-electron chi connectivity index (χ0n) is 19.7. The van der Waals surface area contributed by atoms with Gasteiger partial charge in [0.25, 0.3) is 17.2 Å². The number of aromatic nitrogens is 1. The number of hydrogen-bond acceptors (Lipinski definition) is 5. The minimum atomic E-state index is -2.77. The molecule has 1 fully saturated rings. The molecular formula is C22H28F2N4O6S. The van der Waals surface area contributed by atoms with Crippen LogP contribution in [-0.2, 0) is 23.1 Å². The summed E-state index contributed by atoms with van der Waals surface area (Å²) >= 11 is -2.77. The fraction of sp³-hybridized carbons (Fsp3) is 0.455. The number of rotatable bonds is 7. The summed E-state index contributed by atoms with van der Waals surface area (Å²) in [4.78, 5) is 26.4. The molecule has 35 heavy (non-hydrogen) atoms. The maximum atomic E-state index is 15.6. The van der Waals surface area contributed by atoms with Crippen LogP contribution in [0.1, 0.15) is 29.9 Å². The van der Waals surface area contributed by atoms with E-state index in [4.69, 9.17) is 4.74 Å². The van der Waals surface area contributed by atoms with E-state index in [-0.39, 0.29) is 36.6 Å². The highest BCUT2D eigenvalue weighted by molar-refractivity contribution is 7.80. The maximum Gasteiger partial charge on any atom is 0.409 e. The summed E-state index contributed by atoms with van der Waals surface area (Å²) in [5.74, 6) is -2.38. The monoisotopic (exact) mass is 514 g/mol. The van der Waals surface area contributed by atoms with Crippen molar-refractivity contribution in [2.45, 2.75) is 26.8 Å². The molecule has 13 heteroatoms. The van der Waals surface area contributed by atoms with Gasteiger partial charge in [-0.25, -0.2) is 17.8 Å². The van der Waals surface area contributed by atoms with E-state index >= 15 is 4.39 Å². The molecule has 2 aromatic rings. The molecule has 1 saturated heterocycles. The fourth-order valence-corrected chi connectivity index (χ4v) is 5.00. The average Bonchev–Trinajstić information content (AvgIpc) is 3.28. The first kappa shape index (κ1) is 26.6. The molecular weight excluding hydrogens is 486 g/mol. The van der Waals surface area contributed by atoms with Crippen molar-refractivity contribution in [3.63, 3.8) is 0 Å². The highest BCUT2D eigenvalue weighted by Crippen LogP contribution is 2.39. The van der Waals surface area contributed by atoms with Crippen LogP contribution in [0.4, 0.5) is 25.0 Å². The number of likely N-dealkylation sites (tertiary alicyclic amines) is 1. The van der Waals surface area contributed by atoms with E-state index < -0.39 is 58.7 Å². The third-order valence-corrected chi connectivity index (χ3v) is 6.85. The summed E-state index contributed by atoms with van der Waals surface area (Å²) in [7, 11) is 1.39. The van der Waals surface area contributed by atoms with Gasteiger partial charge in [-0.3, -0.25) is 13.7 Å². The number of carbonyl (C=O) groups is 2. The maximum absolute atomic E-state index is 15.6. The molecule has 192 valence electrons. The normalized spacial score (nSPS) is 20.6. The Morgan fingerprint density at radius 2 is 2.06 bits per heavy atom. The van der Waals surface area contributed by atoms with Gasteiger partial charge in [-0.05, 0) is 37.6 Å². The van der Waals surface area contributed by atoms with Gasteiger partial charge in [0.05, 0.1) is 19.3 Å². The van der Waals surface area contributed by atoms with Crippen molar-refractivity contribution in [1.29, 1.82) is 0 Å². The van der Waals surface area contributed by atoms with Crippen LogP contribution in [0.15, 0.2) is 24.4 Å². The topological polar surface area (TPSA) is 124 Å². The van der Waals surface area contributed by atoms with Crippen LogP contribution in [0.25, 0.3) is 0 Å². The molecule has 3 unspecified atom stereocenters. The number of hydrogen-bond donors (Lipinski definition) is 3. The Labute approximate surface area is 203 Å². The summed E-state index contributed by atoms with van der Waals surface area (Å²) in [6.45, 7) is 4.28. The number of anilines is 2. The fourth-order valence-electron chi connectivity index (χ4n) is 4.17. The second-order valence-corrected chi connectivity index (χ2v) is 9.52. The number of nitrogens with zero attached hydrogens (tertiary/aromatic N) is 3. The Morgan fingerprint density at radius 1 is 1.37 bits per heavy atom. The van der Waals surface area contributed by atoms with E-state index in [1.54, 1.807) is 13.8 Å². The second kappa shape index (κ2) is 10.3. The number of benzene rings is 1. The molecule has 1 aromatic heterocycles. The second-order valence-electron chi connectivity index (χ2n) is 8.67. The Kier molecular flexibility index (Phi) is 7.82. The van der Waals surface area contributed by atoms with Crippen molar-refractivity contribution in [3.05, 3.63) is 47.3 Å². The van der Waals surface area contributed by atoms with Crippen molar-refractivity contribution in [2.75, 3.05) is 35.9 Å². The molecule has 1 aliphatic rings. The molecule has 0 spiro atoms. The SMILES string of the molecule is CCOC(=O)N1CC(N(c2cn(C)c(C(=O)Nc3ccc(F)c(C)c3)c2F)S(=O)O)C(C)(CO)C1. The molecule has 2 heterocycles. The number of carbonyl (C=O) groups excluding carboxylic acids is 2. The first-order valence-electron chi connectivity index (χ1n) is 10.8. The summed E-state index contributed by atoms with van der Waals surface area (Å²) in [6.07, 6.45) is 0.514. The van der Waals surface area contributed by atoms with Crippen LogP contribution in [0.3, 0.4) is 0 Å². The van der Waals surface area contributed by atoms with E-state index in [0.717, 1.165) is 8.87 Å². The van der Waals surface area contributed by atoms with Gasteiger partial charge in [-0.15, -0.1) is 0 Å². The molecule has 0 radical (unpaired) electrons. The Morgan fingerprint density at radius 3 is 2.63 bits per heavy atom. The zero-order chi connectivity index (χ0) is 26.1. The third-order valence-electron chi connectivity index (χ3n) is 6.06. The molecule has 3 N–H and O–H groups in total. The van der Waals surface area contributed by atoms with E-state index in [9.17, 15) is 27.8 Å². The van der Waals surface area contributed by atoms with Crippen molar-refractivity contribution in [1.82, 2.24) is 9.47 Å². The van der Waals surface area contributed by atoms with E-state index in [2.05, 4.69) is 5.32 Å². The van der Waals surface area contributed by atoms with Gasteiger partial charge in [0.2, 0.25) is 0 Å². The molecule has 3 atom stereocenters. The lowest BCUT2D eigenvalue weighted by Crippen LogP contribution is -2.49. The van der Waals surface area contributed by atoms with Gasteiger partial charge in [-0.1, -0.05) is 6.92 Å².